The van der Waals surface area contributed by atoms with Gasteiger partial charge in [0.25, 0.3) is 0 Å². The number of aromatic nitrogens is 4. The fourth-order valence-electron chi connectivity index (χ4n) is 9.72. The average molecular weight is 829 g/mol. The van der Waals surface area contributed by atoms with Crippen molar-refractivity contribution in [1.29, 1.82) is 0 Å². The van der Waals surface area contributed by atoms with Crippen LogP contribution in [-0.4, -0.2) is 19.9 Å². The summed E-state index contributed by atoms with van der Waals surface area (Å²) in [5.74, 6) is 1.66. The summed E-state index contributed by atoms with van der Waals surface area (Å²) in [4.78, 5) is 20.4. The highest BCUT2D eigenvalue weighted by Gasteiger charge is 2.21. The third-order valence-electron chi connectivity index (χ3n) is 12.7. The zero-order valence-electron chi connectivity index (χ0n) is 35.0. The maximum atomic E-state index is 6.61. The summed E-state index contributed by atoms with van der Waals surface area (Å²) in [6.07, 6.45) is 3.67. The predicted octanol–water partition coefficient (Wildman–Crippen LogP) is 15.8. The minimum absolute atomic E-state index is 0.532. The Morgan fingerprint density at radius 2 is 0.785 bits per heavy atom. The lowest BCUT2D eigenvalue weighted by atomic mass is 9.87. The highest BCUT2D eigenvalue weighted by atomic mass is 16.3. The molecule has 0 atom stereocenters. The van der Waals surface area contributed by atoms with Gasteiger partial charge in [0, 0.05) is 34.3 Å². The number of fused-ring (bicyclic) bond motifs is 7. The van der Waals surface area contributed by atoms with Gasteiger partial charge in [-0.05, 0) is 125 Å². The monoisotopic (exact) mass is 828 g/mol. The van der Waals surface area contributed by atoms with Gasteiger partial charge >= 0.3 is 0 Å². The number of pyridine rings is 1. The van der Waals surface area contributed by atoms with Gasteiger partial charge in [-0.1, -0.05) is 158 Å². The van der Waals surface area contributed by atoms with Crippen molar-refractivity contribution in [2.45, 2.75) is 0 Å². The lowest BCUT2D eigenvalue weighted by Crippen LogP contribution is -2.01. The Morgan fingerprint density at radius 3 is 1.35 bits per heavy atom. The van der Waals surface area contributed by atoms with Crippen molar-refractivity contribution in [2.75, 3.05) is 0 Å². The molecular formula is C60H36N4O. The summed E-state index contributed by atoms with van der Waals surface area (Å²) in [5, 5.41) is 11.5. The molecule has 0 amide bonds. The van der Waals surface area contributed by atoms with E-state index in [1.165, 1.54) is 54.2 Å². The highest BCUT2D eigenvalue weighted by molar-refractivity contribution is 6.16. The number of rotatable bonds is 6. The standard InChI is InChI=1S/C60H36N4O/c1-5-18-47-39(13-1)31-40-14-2-6-19-48(40)55(47)44-33-45(56-49-20-7-3-15-41(49)32-42-16-4-8-21-50(42)56)35-46(34-44)59-62-58(38-28-26-37(27-29-38)43-17-12-30-61-36-43)63-60(64-59)53-24-11-23-52-51-22-9-10-25-54(51)65-57(52)53/h1-36H. The number of furan rings is 1. The van der Waals surface area contributed by atoms with E-state index in [4.69, 9.17) is 19.4 Å². The first-order valence-corrected chi connectivity index (χ1v) is 21.8. The highest BCUT2D eigenvalue weighted by Crippen LogP contribution is 2.44. The molecule has 0 aliphatic carbocycles. The van der Waals surface area contributed by atoms with Gasteiger partial charge in [0.15, 0.2) is 17.5 Å². The van der Waals surface area contributed by atoms with Crippen molar-refractivity contribution in [2.24, 2.45) is 0 Å². The summed E-state index contributed by atoms with van der Waals surface area (Å²) < 4.78 is 6.61. The third kappa shape index (κ3) is 6.24. The van der Waals surface area contributed by atoms with Crippen molar-refractivity contribution >= 4 is 65.0 Å². The molecule has 0 unspecified atom stereocenters. The molecule has 0 aliphatic rings. The van der Waals surface area contributed by atoms with Gasteiger partial charge in [0.2, 0.25) is 0 Å². The summed E-state index contributed by atoms with van der Waals surface area (Å²) in [7, 11) is 0. The molecule has 3 heterocycles. The molecule has 0 radical (unpaired) electrons. The molecule has 5 nitrogen and oxygen atoms in total. The molecule has 0 saturated carbocycles. The smallest absolute Gasteiger partial charge is 0.167 e. The summed E-state index contributed by atoms with van der Waals surface area (Å²) in [6, 6.07) is 73.0. The lowest BCUT2D eigenvalue weighted by molar-refractivity contribution is 0.669. The second-order valence-corrected chi connectivity index (χ2v) is 16.6. The van der Waals surface area contributed by atoms with Crippen LogP contribution in [0.3, 0.4) is 0 Å². The molecule has 3 aromatic heterocycles. The van der Waals surface area contributed by atoms with Crippen molar-refractivity contribution in [3.05, 3.63) is 219 Å². The molecule has 0 bridgehead atoms. The Bertz CT molecular complexity index is 3760. The fraction of sp³-hybridized carbons (Fsp3) is 0. The van der Waals surface area contributed by atoms with E-state index in [9.17, 15) is 0 Å². The molecule has 5 heteroatoms. The molecular weight excluding hydrogens is 793 g/mol. The minimum Gasteiger partial charge on any atom is -0.455 e. The van der Waals surface area contributed by atoms with E-state index < -0.39 is 0 Å². The second-order valence-electron chi connectivity index (χ2n) is 16.6. The van der Waals surface area contributed by atoms with Crippen LogP contribution in [0.2, 0.25) is 0 Å². The molecule has 0 N–H and O–H groups in total. The zero-order valence-corrected chi connectivity index (χ0v) is 35.0. The van der Waals surface area contributed by atoms with E-state index in [0.29, 0.717) is 17.5 Å². The normalized spacial score (nSPS) is 11.7. The van der Waals surface area contributed by atoms with E-state index in [-0.39, 0.29) is 0 Å². The van der Waals surface area contributed by atoms with Gasteiger partial charge in [-0.2, -0.15) is 0 Å². The Hall–Kier alpha value is -8.80. The van der Waals surface area contributed by atoms with Crippen molar-refractivity contribution in [3.63, 3.8) is 0 Å². The Morgan fingerprint density at radius 1 is 0.308 bits per heavy atom. The molecule has 65 heavy (non-hydrogen) atoms. The van der Waals surface area contributed by atoms with Gasteiger partial charge in [-0.3, -0.25) is 4.98 Å². The first-order chi connectivity index (χ1) is 32.2. The van der Waals surface area contributed by atoms with Crippen LogP contribution in [0.1, 0.15) is 0 Å². The number of nitrogens with zero attached hydrogens (tertiary/aromatic N) is 4. The number of benzene rings is 10. The average Bonchev–Trinajstić information content (AvgIpc) is 3.76. The Kier molecular flexibility index (Phi) is 8.46. The third-order valence-corrected chi connectivity index (χ3v) is 12.7. The first kappa shape index (κ1) is 36.8. The molecule has 0 spiro atoms. The number of para-hydroxylation sites is 2. The van der Waals surface area contributed by atoms with E-state index in [1.807, 2.05) is 36.5 Å². The van der Waals surface area contributed by atoms with Crippen molar-refractivity contribution in [1.82, 2.24) is 19.9 Å². The maximum Gasteiger partial charge on any atom is 0.167 e. The first-order valence-electron chi connectivity index (χ1n) is 21.8. The van der Waals surface area contributed by atoms with E-state index in [0.717, 1.165) is 60.9 Å². The van der Waals surface area contributed by atoms with E-state index >= 15 is 0 Å². The second kappa shape index (κ2) is 14.9. The Balaban J connectivity index is 1.12. The van der Waals surface area contributed by atoms with Crippen LogP contribution in [0, 0.1) is 0 Å². The molecule has 0 fully saturated rings. The summed E-state index contributed by atoms with van der Waals surface area (Å²) in [5.41, 5.74) is 10.7. The van der Waals surface area contributed by atoms with Crippen LogP contribution < -0.4 is 0 Å². The number of hydrogen-bond acceptors (Lipinski definition) is 5. The fourth-order valence-corrected chi connectivity index (χ4v) is 9.72. The van der Waals surface area contributed by atoms with Crippen LogP contribution in [0.4, 0.5) is 0 Å². The van der Waals surface area contributed by atoms with Gasteiger partial charge in [0.05, 0.1) is 5.56 Å². The van der Waals surface area contributed by atoms with Gasteiger partial charge in [0.1, 0.15) is 11.2 Å². The summed E-state index contributed by atoms with van der Waals surface area (Å²) >= 11 is 0. The van der Waals surface area contributed by atoms with Gasteiger partial charge < -0.3 is 4.42 Å². The van der Waals surface area contributed by atoms with Gasteiger partial charge in [-0.25, -0.2) is 15.0 Å². The van der Waals surface area contributed by atoms with Crippen LogP contribution >= 0.6 is 0 Å². The zero-order chi connectivity index (χ0) is 42.8. The van der Waals surface area contributed by atoms with E-state index in [1.54, 1.807) is 6.20 Å². The van der Waals surface area contributed by atoms with Crippen molar-refractivity contribution < 1.29 is 4.42 Å². The summed E-state index contributed by atoms with van der Waals surface area (Å²) in [6.45, 7) is 0. The SMILES string of the molecule is c1cncc(-c2ccc(-c3nc(-c4cc(-c5c6ccccc6cc6ccccc56)cc(-c5c6ccccc6cc6ccccc56)c4)nc(-c4cccc5c4oc4ccccc45)n3)cc2)c1. The molecule has 10 aromatic carbocycles. The van der Waals surface area contributed by atoms with Crippen LogP contribution in [0.15, 0.2) is 223 Å². The van der Waals surface area contributed by atoms with Crippen LogP contribution in [-0.2, 0) is 0 Å². The topological polar surface area (TPSA) is 64.7 Å². The minimum atomic E-state index is 0.532. The van der Waals surface area contributed by atoms with E-state index in [2.05, 4.69) is 181 Å². The molecule has 13 aromatic rings. The molecule has 0 aliphatic heterocycles. The van der Waals surface area contributed by atoms with Crippen LogP contribution in [0.5, 0.6) is 0 Å². The molecule has 0 saturated heterocycles. The molecule has 302 valence electrons. The number of hydrogen-bond donors (Lipinski definition) is 0. The van der Waals surface area contributed by atoms with Crippen LogP contribution in [0.25, 0.3) is 133 Å². The molecule has 13 rings (SSSR count). The lowest BCUT2D eigenvalue weighted by Gasteiger charge is -2.18. The predicted molar refractivity (Wildman–Crippen MR) is 268 cm³/mol. The van der Waals surface area contributed by atoms with Crippen molar-refractivity contribution in [3.8, 4) is 67.5 Å². The Labute approximate surface area is 374 Å². The quantitative estimate of drug-likeness (QED) is 0.156. The largest absolute Gasteiger partial charge is 0.455 e. The maximum absolute atomic E-state index is 6.61. The van der Waals surface area contributed by atoms with Gasteiger partial charge in [-0.15, -0.1) is 0 Å².